The molecular formula is C24H25N5O2. The zero-order valence-electron chi connectivity index (χ0n) is 17.3. The fourth-order valence-corrected chi connectivity index (χ4v) is 3.98. The van der Waals surface area contributed by atoms with E-state index >= 15 is 0 Å². The minimum absolute atomic E-state index is 0.308. The zero-order chi connectivity index (χ0) is 22.0. The first-order chi connectivity index (χ1) is 15.0. The molecule has 31 heavy (non-hydrogen) atoms. The smallest absolute Gasteiger partial charge is 0.268 e. The molecule has 2 fully saturated rings. The van der Waals surface area contributed by atoms with Crippen LogP contribution in [0.25, 0.3) is 12.2 Å². The Hall–Kier alpha value is -3.66. The Balaban J connectivity index is 1.51. The fraction of sp³-hybridized carbons (Fsp3) is 0.333. The summed E-state index contributed by atoms with van der Waals surface area (Å²) in [7, 11) is 0. The molecule has 3 N–H and O–H groups in total. The molecule has 2 heterocycles. The molecule has 0 aliphatic heterocycles. The molecule has 158 valence electrons. The lowest BCUT2D eigenvalue weighted by Gasteiger charge is -2.41. The number of nitrogens with one attached hydrogen (secondary N) is 3. The number of pyridine rings is 1. The van der Waals surface area contributed by atoms with Crippen molar-refractivity contribution in [1.82, 2.24) is 20.6 Å². The Morgan fingerprint density at radius 2 is 2.03 bits per heavy atom. The van der Waals surface area contributed by atoms with Crippen LogP contribution in [-0.4, -0.2) is 27.3 Å². The SMILES string of the molecule is C=Cc1cncc(C(C#N)NC(=O)C2(NC(=O)c3ccc(C4CC4)[nH]3)CCC2)c1C=C. The third-order valence-electron chi connectivity index (χ3n) is 6.15. The van der Waals surface area contributed by atoms with E-state index < -0.39 is 11.6 Å². The van der Waals surface area contributed by atoms with Crippen molar-refractivity contribution in [3.8, 4) is 6.07 Å². The predicted octanol–water partition coefficient (Wildman–Crippen LogP) is 3.61. The molecule has 1 unspecified atom stereocenters. The molecule has 0 aromatic carbocycles. The summed E-state index contributed by atoms with van der Waals surface area (Å²) in [5, 5.41) is 15.4. The molecule has 0 spiro atoms. The van der Waals surface area contributed by atoms with Crippen molar-refractivity contribution < 1.29 is 9.59 Å². The highest BCUT2D eigenvalue weighted by atomic mass is 16.2. The van der Waals surface area contributed by atoms with Gasteiger partial charge in [0.25, 0.3) is 5.91 Å². The molecule has 2 amide bonds. The number of hydrogen-bond acceptors (Lipinski definition) is 4. The standard InChI is InChI=1S/C24H25N5O2/c1-3-15-13-26-14-18(17(15)4-2)21(12-25)28-23(31)24(10-5-11-24)29-22(30)20-9-8-19(27-20)16-6-7-16/h3-4,8-9,13-14,16,21,27H,1-2,5-7,10-11H2,(H,28,31)(H,29,30). The van der Waals surface area contributed by atoms with Gasteiger partial charge in [-0.05, 0) is 61.3 Å². The molecule has 7 heteroatoms. The molecule has 0 saturated heterocycles. The lowest BCUT2D eigenvalue weighted by atomic mass is 9.75. The number of amides is 2. The van der Waals surface area contributed by atoms with Gasteiger partial charge >= 0.3 is 0 Å². The first-order valence-electron chi connectivity index (χ1n) is 10.5. The Morgan fingerprint density at radius 1 is 1.26 bits per heavy atom. The van der Waals surface area contributed by atoms with Crippen LogP contribution in [0.3, 0.4) is 0 Å². The second-order valence-corrected chi connectivity index (χ2v) is 8.17. The van der Waals surface area contributed by atoms with Crippen LogP contribution in [0.2, 0.25) is 0 Å². The van der Waals surface area contributed by atoms with Crippen LogP contribution in [0.4, 0.5) is 0 Å². The molecular weight excluding hydrogens is 390 g/mol. The van der Waals surface area contributed by atoms with Gasteiger partial charge in [0.05, 0.1) is 6.07 Å². The van der Waals surface area contributed by atoms with Gasteiger partial charge in [-0.15, -0.1) is 0 Å². The van der Waals surface area contributed by atoms with Gasteiger partial charge in [0.2, 0.25) is 5.91 Å². The second-order valence-electron chi connectivity index (χ2n) is 8.17. The normalized spacial score (nSPS) is 17.5. The first kappa shape index (κ1) is 20.6. The van der Waals surface area contributed by atoms with Crippen LogP contribution in [0.5, 0.6) is 0 Å². The van der Waals surface area contributed by atoms with E-state index in [1.165, 1.54) is 0 Å². The minimum atomic E-state index is -1.02. The maximum absolute atomic E-state index is 13.2. The number of carbonyl (C=O) groups is 2. The highest BCUT2D eigenvalue weighted by Gasteiger charge is 2.46. The summed E-state index contributed by atoms with van der Waals surface area (Å²) < 4.78 is 0. The largest absolute Gasteiger partial charge is 0.354 e. The topological polar surface area (TPSA) is 111 Å². The number of nitriles is 1. The van der Waals surface area contributed by atoms with Gasteiger partial charge in [-0.1, -0.05) is 25.3 Å². The van der Waals surface area contributed by atoms with Crippen molar-refractivity contribution in [2.75, 3.05) is 0 Å². The maximum atomic E-state index is 13.2. The molecule has 2 aliphatic carbocycles. The summed E-state index contributed by atoms with van der Waals surface area (Å²) in [5.74, 6) is -0.165. The molecule has 7 nitrogen and oxygen atoms in total. The zero-order valence-corrected chi connectivity index (χ0v) is 17.3. The first-order valence-corrected chi connectivity index (χ1v) is 10.5. The molecule has 0 radical (unpaired) electrons. The van der Waals surface area contributed by atoms with Crippen molar-refractivity contribution in [3.63, 3.8) is 0 Å². The van der Waals surface area contributed by atoms with Crippen LogP contribution >= 0.6 is 0 Å². The van der Waals surface area contributed by atoms with E-state index in [2.05, 4.69) is 39.8 Å². The lowest BCUT2D eigenvalue weighted by Crippen LogP contribution is -2.63. The Kier molecular flexibility index (Phi) is 5.47. The van der Waals surface area contributed by atoms with E-state index in [0.29, 0.717) is 35.6 Å². The molecule has 2 saturated carbocycles. The van der Waals surface area contributed by atoms with Gasteiger partial charge in [0, 0.05) is 23.7 Å². The van der Waals surface area contributed by atoms with Crippen molar-refractivity contribution in [1.29, 1.82) is 5.26 Å². The number of H-pyrrole nitrogens is 1. The van der Waals surface area contributed by atoms with Crippen LogP contribution in [0.1, 0.15) is 76.9 Å². The van der Waals surface area contributed by atoms with Gasteiger partial charge < -0.3 is 15.6 Å². The third kappa shape index (κ3) is 3.89. The average molecular weight is 415 g/mol. The van der Waals surface area contributed by atoms with E-state index in [-0.39, 0.29) is 11.8 Å². The van der Waals surface area contributed by atoms with Crippen molar-refractivity contribution in [2.24, 2.45) is 0 Å². The molecule has 0 bridgehead atoms. The van der Waals surface area contributed by atoms with Gasteiger partial charge in [-0.25, -0.2) is 0 Å². The van der Waals surface area contributed by atoms with Gasteiger partial charge in [0.1, 0.15) is 17.3 Å². The fourth-order valence-electron chi connectivity index (χ4n) is 3.98. The molecule has 2 aromatic heterocycles. The summed E-state index contributed by atoms with van der Waals surface area (Å²) in [6, 6.07) is 4.90. The van der Waals surface area contributed by atoms with Gasteiger partial charge in [0.15, 0.2) is 0 Å². The maximum Gasteiger partial charge on any atom is 0.268 e. The number of carbonyl (C=O) groups excluding carboxylic acids is 2. The van der Waals surface area contributed by atoms with E-state index in [0.717, 1.165) is 30.5 Å². The van der Waals surface area contributed by atoms with Gasteiger partial charge in [-0.3, -0.25) is 14.6 Å². The van der Waals surface area contributed by atoms with Crippen molar-refractivity contribution in [2.45, 2.75) is 49.6 Å². The van der Waals surface area contributed by atoms with E-state index in [4.69, 9.17) is 0 Å². The van der Waals surface area contributed by atoms with Crippen LogP contribution in [0.15, 0.2) is 37.7 Å². The summed E-state index contributed by atoms with van der Waals surface area (Å²) >= 11 is 0. The number of nitrogens with zero attached hydrogens (tertiary/aromatic N) is 2. The third-order valence-corrected chi connectivity index (χ3v) is 6.15. The van der Waals surface area contributed by atoms with E-state index in [9.17, 15) is 14.9 Å². The van der Waals surface area contributed by atoms with E-state index in [1.807, 2.05) is 6.07 Å². The van der Waals surface area contributed by atoms with E-state index in [1.54, 1.807) is 30.6 Å². The van der Waals surface area contributed by atoms with Crippen molar-refractivity contribution in [3.05, 3.63) is 65.8 Å². The number of rotatable bonds is 8. The number of aromatic amines is 1. The minimum Gasteiger partial charge on any atom is -0.354 e. The van der Waals surface area contributed by atoms with Gasteiger partial charge in [-0.2, -0.15) is 5.26 Å². The molecule has 4 rings (SSSR count). The summed E-state index contributed by atoms with van der Waals surface area (Å²) in [6.45, 7) is 7.56. The number of hydrogen-bond donors (Lipinski definition) is 3. The molecule has 1 atom stereocenters. The molecule has 2 aliphatic rings. The number of aromatic nitrogens is 2. The lowest BCUT2D eigenvalue weighted by molar-refractivity contribution is -0.131. The Labute approximate surface area is 181 Å². The molecule has 2 aromatic rings. The summed E-state index contributed by atoms with van der Waals surface area (Å²) in [6.07, 6.45) is 10.6. The monoisotopic (exact) mass is 415 g/mol. The highest BCUT2D eigenvalue weighted by molar-refractivity contribution is 5.99. The highest BCUT2D eigenvalue weighted by Crippen LogP contribution is 2.39. The van der Waals surface area contributed by atoms with Crippen molar-refractivity contribution >= 4 is 24.0 Å². The Bertz CT molecular complexity index is 1090. The summed E-state index contributed by atoms with van der Waals surface area (Å²) in [4.78, 5) is 33.3. The van der Waals surface area contributed by atoms with Crippen LogP contribution in [-0.2, 0) is 4.79 Å². The average Bonchev–Trinajstić information content (AvgIpc) is 3.49. The summed E-state index contributed by atoms with van der Waals surface area (Å²) in [5.41, 5.74) is 2.47. The van der Waals surface area contributed by atoms with Crippen LogP contribution < -0.4 is 10.6 Å². The Morgan fingerprint density at radius 3 is 2.61 bits per heavy atom. The second kappa shape index (κ2) is 8.23. The van der Waals surface area contributed by atoms with Crippen LogP contribution in [0, 0.1) is 11.3 Å². The quantitative estimate of drug-likeness (QED) is 0.612. The predicted molar refractivity (Wildman–Crippen MR) is 118 cm³/mol.